The van der Waals surface area contributed by atoms with Crippen molar-refractivity contribution in [3.05, 3.63) is 35.4 Å². The summed E-state index contributed by atoms with van der Waals surface area (Å²) in [6.07, 6.45) is 1.18. The van der Waals surface area contributed by atoms with Crippen LogP contribution < -0.4 is 5.32 Å². The van der Waals surface area contributed by atoms with Gasteiger partial charge in [-0.05, 0) is 37.4 Å². The summed E-state index contributed by atoms with van der Waals surface area (Å²) in [4.78, 5) is 0. The monoisotopic (exact) mass is 205 g/mol. The van der Waals surface area contributed by atoms with Gasteiger partial charge in [-0.2, -0.15) is 0 Å². The summed E-state index contributed by atoms with van der Waals surface area (Å²) in [5.41, 5.74) is 3.07. The molecule has 1 N–H and O–H groups in total. The average Bonchev–Trinajstić information content (AvgIpc) is 2.18. The fourth-order valence-corrected chi connectivity index (χ4v) is 1.79. The number of nitrogens with one attached hydrogen (secondary N) is 1. The van der Waals surface area contributed by atoms with Crippen molar-refractivity contribution in [1.29, 1.82) is 0 Å². The summed E-state index contributed by atoms with van der Waals surface area (Å²) in [6, 6.07) is 8.84. The lowest BCUT2D eigenvalue weighted by atomic mass is 9.81. The van der Waals surface area contributed by atoms with Crippen molar-refractivity contribution >= 4 is 0 Å². The number of rotatable bonds is 5. The minimum atomic E-state index is 0.272. The van der Waals surface area contributed by atoms with Gasteiger partial charge in [0.15, 0.2) is 0 Å². The molecule has 1 aromatic carbocycles. The van der Waals surface area contributed by atoms with Gasteiger partial charge in [-0.1, -0.05) is 50.6 Å². The van der Waals surface area contributed by atoms with Crippen molar-refractivity contribution < 1.29 is 0 Å². The Morgan fingerprint density at radius 2 is 2.00 bits per heavy atom. The maximum absolute atomic E-state index is 3.39. The van der Waals surface area contributed by atoms with Crippen LogP contribution in [0.4, 0.5) is 0 Å². The molecule has 0 radical (unpaired) electrons. The van der Waals surface area contributed by atoms with Crippen LogP contribution in [0.25, 0.3) is 0 Å². The minimum absolute atomic E-state index is 0.272. The number of benzene rings is 1. The SMILES string of the molecule is CCNCCC(C)(C)c1cccc(C)c1. The standard InChI is InChI=1S/C14H23N/c1-5-15-10-9-14(3,4)13-8-6-7-12(2)11-13/h6-8,11,15H,5,9-10H2,1-4H3. The number of hydrogen-bond acceptors (Lipinski definition) is 1. The van der Waals surface area contributed by atoms with Crippen molar-refractivity contribution in [1.82, 2.24) is 5.32 Å². The smallest absolute Gasteiger partial charge is 0.00407 e. The zero-order valence-corrected chi connectivity index (χ0v) is 10.4. The third-order valence-corrected chi connectivity index (χ3v) is 2.98. The molecule has 0 spiro atoms. The molecule has 0 amide bonds. The van der Waals surface area contributed by atoms with Gasteiger partial charge in [-0.25, -0.2) is 0 Å². The first-order chi connectivity index (χ1) is 7.06. The third kappa shape index (κ3) is 3.67. The third-order valence-electron chi connectivity index (χ3n) is 2.98. The predicted molar refractivity (Wildman–Crippen MR) is 67.4 cm³/mol. The molecule has 1 rings (SSSR count). The summed E-state index contributed by atoms with van der Waals surface area (Å²) in [7, 11) is 0. The molecule has 0 aliphatic carbocycles. The van der Waals surface area contributed by atoms with Crippen LogP contribution in [0.1, 0.15) is 38.3 Å². The molecule has 0 aliphatic heterocycles. The van der Waals surface area contributed by atoms with Gasteiger partial charge >= 0.3 is 0 Å². The second-order valence-electron chi connectivity index (χ2n) is 4.86. The maximum Gasteiger partial charge on any atom is -0.00407 e. The zero-order chi connectivity index (χ0) is 11.3. The molecule has 0 heterocycles. The highest BCUT2D eigenvalue weighted by Crippen LogP contribution is 2.26. The van der Waals surface area contributed by atoms with E-state index in [9.17, 15) is 0 Å². The summed E-state index contributed by atoms with van der Waals surface area (Å²) in [5.74, 6) is 0. The second-order valence-corrected chi connectivity index (χ2v) is 4.86. The molecule has 0 bridgehead atoms. The molecule has 1 heteroatoms. The van der Waals surface area contributed by atoms with Crippen LogP contribution in [0.5, 0.6) is 0 Å². The Hall–Kier alpha value is -0.820. The summed E-state index contributed by atoms with van der Waals surface area (Å²) in [5, 5.41) is 3.39. The molecule has 0 saturated carbocycles. The molecule has 0 aliphatic rings. The lowest BCUT2D eigenvalue weighted by Gasteiger charge is -2.25. The van der Waals surface area contributed by atoms with E-state index in [2.05, 4.69) is 57.3 Å². The molecular formula is C14H23N. The molecule has 0 unspecified atom stereocenters. The van der Waals surface area contributed by atoms with Crippen LogP contribution in [0.2, 0.25) is 0 Å². The molecule has 1 aromatic rings. The quantitative estimate of drug-likeness (QED) is 0.727. The van der Waals surface area contributed by atoms with Crippen LogP contribution in [0, 0.1) is 6.92 Å². The highest BCUT2D eigenvalue weighted by atomic mass is 14.8. The van der Waals surface area contributed by atoms with Crippen molar-refractivity contribution in [2.24, 2.45) is 0 Å². The Morgan fingerprint density at radius 3 is 2.60 bits per heavy atom. The zero-order valence-electron chi connectivity index (χ0n) is 10.4. The van der Waals surface area contributed by atoms with E-state index in [1.54, 1.807) is 0 Å². The first kappa shape index (κ1) is 12.3. The summed E-state index contributed by atoms with van der Waals surface area (Å²) < 4.78 is 0. The van der Waals surface area contributed by atoms with Crippen LogP contribution in [0.15, 0.2) is 24.3 Å². The molecule has 84 valence electrons. The van der Waals surface area contributed by atoms with E-state index in [-0.39, 0.29) is 5.41 Å². The Bertz CT molecular complexity index is 302. The molecule has 0 saturated heterocycles. The summed E-state index contributed by atoms with van der Waals surface area (Å²) in [6.45, 7) is 11.1. The molecule has 0 aromatic heterocycles. The average molecular weight is 205 g/mol. The second kappa shape index (κ2) is 5.32. The van der Waals surface area contributed by atoms with E-state index in [1.807, 2.05) is 0 Å². The van der Waals surface area contributed by atoms with Gasteiger partial charge in [0.1, 0.15) is 0 Å². The Balaban J connectivity index is 2.67. The topological polar surface area (TPSA) is 12.0 Å². The lowest BCUT2D eigenvalue weighted by Crippen LogP contribution is -2.25. The molecule has 0 atom stereocenters. The van der Waals surface area contributed by atoms with Crippen LogP contribution in [-0.2, 0) is 5.41 Å². The predicted octanol–water partition coefficient (Wildman–Crippen LogP) is 3.27. The molecule has 15 heavy (non-hydrogen) atoms. The van der Waals surface area contributed by atoms with E-state index < -0.39 is 0 Å². The molecular weight excluding hydrogens is 182 g/mol. The molecule has 0 fully saturated rings. The Kier molecular flexibility index (Phi) is 4.34. The molecule has 1 nitrogen and oxygen atoms in total. The van der Waals surface area contributed by atoms with Gasteiger partial charge in [-0.15, -0.1) is 0 Å². The normalized spacial score (nSPS) is 11.7. The van der Waals surface area contributed by atoms with Crippen LogP contribution in [0.3, 0.4) is 0 Å². The maximum atomic E-state index is 3.39. The van der Waals surface area contributed by atoms with Crippen LogP contribution >= 0.6 is 0 Å². The number of aryl methyl sites for hydroxylation is 1. The largest absolute Gasteiger partial charge is 0.317 e. The van der Waals surface area contributed by atoms with Gasteiger partial charge in [0.05, 0.1) is 0 Å². The van der Waals surface area contributed by atoms with Crippen LogP contribution in [-0.4, -0.2) is 13.1 Å². The van der Waals surface area contributed by atoms with E-state index >= 15 is 0 Å². The fraction of sp³-hybridized carbons (Fsp3) is 0.571. The van der Waals surface area contributed by atoms with Crippen molar-refractivity contribution in [3.63, 3.8) is 0 Å². The van der Waals surface area contributed by atoms with Crippen molar-refractivity contribution in [3.8, 4) is 0 Å². The van der Waals surface area contributed by atoms with Crippen molar-refractivity contribution in [2.45, 2.75) is 39.5 Å². The fourth-order valence-electron chi connectivity index (χ4n) is 1.79. The van der Waals surface area contributed by atoms with E-state index in [1.165, 1.54) is 17.5 Å². The number of hydrogen-bond donors (Lipinski definition) is 1. The summed E-state index contributed by atoms with van der Waals surface area (Å²) >= 11 is 0. The first-order valence-corrected chi connectivity index (χ1v) is 5.84. The van der Waals surface area contributed by atoms with Gasteiger partial charge < -0.3 is 5.32 Å². The van der Waals surface area contributed by atoms with Crippen molar-refractivity contribution in [2.75, 3.05) is 13.1 Å². The van der Waals surface area contributed by atoms with E-state index in [4.69, 9.17) is 0 Å². The van der Waals surface area contributed by atoms with Gasteiger partial charge in [0, 0.05) is 0 Å². The van der Waals surface area contributed by atoms with Gasteiger partial charge in [-0.3, -0.25) is 0 Å². The lowest BCUT2D eigenvalue weighted by molar-refractivity contribution is 0.461. The Labute approximate surface area is 93.9 Å². The highest BCUT2D eigenvalue weighted by molar-refractivity contribution is 5.28. The van der Waals surface area contributed by atoms with Gasteiger partial charge in [0.2, 0.25) is 0 Å². The minimum Gasteiger partial charge on any atom is -0.317 e. The highest BCUT2D eigenvalue weighted by Gasteiger charge is 2.19. The van der Waals surface area contributed by atoms with E-state index in [0.29, 0.717) is 0 Å². The first-order valence-electron chi connectivity index (χ1n) is 5.84. The van der Waals surface area contributed by atoms with Gasteiger partial charge in [0.25, 0.3) is 0 Å². The van der Waals surface area contributed by atoms with E-state index in [0.717, 1.165) is 13.1 Å². The Morgan fingerprint density at radius 1 is 1.27 bits per heavy atom.